The Morgan fingerprint density at radius 2 is 1.81 bits per heavy atom. The zero-order valence-corrected chi connectivity index (χ0v) is 14.6. The Labute approximate surface area is 153 Å². The van der Waals surface area contributed by atoms with Crippen LogP contribution in [0.5, 0.6) is 5.75 Å². The highest BCUT2D eigenvalue weighted by Crippen LogP contribution is 2.38. The van der Waals surface area contributed by atoms with Crippen LogP contribution >= 0.6 is 0 Å². The van der Waals surface area contributed by atoms with Crippen molar-refractivity contribution in [1.29, 1.82) is 0 Å². The fraction of sp³-hybridized carbons (Fsp3) is 0.263. The Bertz CT molecular complexity index is 890. The number of rotatable bonds is 2. The average molecular weight is 378 g/mol. The summed E-state index contributed by atoms with van der Waals surface area (Å²) in [6.45, 7) is 3.91. The molecule has 0 saturated carbocycles. The molecule has 3 rings (SSSR count). The first-order valence-electron chi connectivity index (χ1n) is 8.15. The van der Waals surface area contributed by atoms with Crippen LogP contribution in [0.3, 0.4) is 0 Å². The van der Waals surface area contributed by atoms with Gasteiger partial charge in [-0.25, -0.2) is 4.79 Å². The molecule has 0 atom stereocenters. The van der Waals surface area contributed by atoms with Crippen LogP contribution in [0.2, 0.25) is 0 Å². The molecule has 8 heteroatoms. The SMILES string of the molecule is CC1(C)CC(=O)Nc2cc(NC(=O)Oc3ccc(C(F)(F)F)cc3)ccc21. The molecule has 2 N–H and O–H groups in total. The van der Waals surface area contributed by atoms with Gasteiger partial charge in [0.05, 0.1) is 5.56 Å². The number of alkyl halides is 3. The van der Waals surface area contributed by atoms with E-state index in [9.17, 15) is 22.8 Å². The van der Waals surface area contributed by atoms with Crippen LogP contribution in [0, 0.1) is 0 Å². The summed E-state index contributed by atoms with van der Waals surface area (Å²) < 4.78 is 42.6. The van der Waals surface area contributed by atoms with Crippen molar-refractivity contribution in [3.8, 4) is 5.75 Å². The summed E-state index contributed by atoms with van der Waals surface area (Å²) in [5, 5.41) is 5.25. The van der Waals surface area contributed by atoms with Crippen molar-refractivity contribution in [1.82, 2.24) is 0 Å². The van der Waals surface area contributed by atoms with Crippen LogP contribution in [-0.2, 0) is 16.4 Å². The molecule has 142 valence electrons. The molecule has 1 heterocycles. The van der Waals surface area contributed by atoms with Gasteiger partial charge in [-0.2, -0.15) is 13.2 Å². The lowest BCUT2D eigenvalue weighted by molar-refractivity contribution is -0.137. The van der Waals surface area contributed by atoms with Crippen LogP contribution in [0.4, 0.5) is 29.3 Å². The molecule has 0 aromatic heterocycles. The highest BCUT2D eigenvalue weighted by molar-refractivity contribution is 5.97. The van der Waals surface area contributed by atoms with Crippen LogP contribution in [0.25, 0.3) is 0 Å². The maximum atomic E-state index is 12.5. The van der Waals surface area contributed by atoms with Crippen molar-refractivity contribution in [3.63, 3.8) is 0 Å². The quantitative estimate of drug-likeness (QED) is 0.778. The van der Waals surface area contributed by atoms with Gasteiger partial charge in [0.2, 0.25) is 5.91 Å². The summed E-state index contributed by atoms with van der Waals surface area (Å²) in [7, 11) is 0. The lowest BCUT2D eigenvalue weighted by Crippen LogP contribution is -2.32. The highest BCUT2D eigenvalue weighted by atomic mass is 19.4. The number of amides is 2. The Morgan fingerprint density at radius 3 is 2.44 bits per heavy atom. The Morgan fingerprint density at radius 1 is 1.15 bits per heavy atom. The molecule has 27 heavy (non-hydrogen) atoms. The maximum Gasteiger partial charge on any atom is 0.417 e. The number of carbonyl (C=O) groups excluding carboxylic acids is 2. The topological polar surface area (TPSA) is 67.4 Å². The zero-order valence-electron chi connectivity index (χ0n) is 14.6. The number of nitrogens with one attached hydrogen (secondary N) is 2. The second-order valence-electron chi connectivity index (χ2n) is 6.91. The summed E-state index contributed by atoms with van der Waals surface area (Å²) in [6, 6.07) is 8.89. The molecule has 0 bridgehead atoms. The van der Waals surface area contributed by atoms with Crippen molar-refractivity contribution in [3.05, 3.63) is 53.6 Å². The Hall–Kier alpha value is -3.03. The van der Waals surface area contributed by atoms with E-state index in [2.05, 4.69) is 10.6 Å². The predicted molar refractivity (Wildman–Crippen MR) is 93.8 cm³/mol. The lowest BCUT2D eigenvalue weighted by atomic mass is 9.78. The van der Waals surface area contributed by atoms with E-state index < -0.39 is 17.8 Å². The van der Waals surface area contributed by atoms with Crippen molar-refractivity contribution in [2.45, 2.75) is 31.9 Å². The minimum absolute atomic E-state index is 0.0205. The average Bonchev–Trinajstić information content (AvgIpc) is 2.53. The number of ether oxygens (including phenoxy) is 1. The molecule has 1 aliphatic heterocycles. The van der Waals surface area contributed by atoms with Crippen LogP contribution in [-0.4, -0.2) is 12.0 Å². The predicted octanol–water partition coefficient (Wildman–Crippen LogP) is 4.94. The molecule has 2 aromatic carbocycles. The van der Waals surface area contributed by atoms with E-state index in [4.69, 9.17) is 4.74 Å². The van der Waals surface area contributed by atoms with E-state index in [1.165, 1.54) is 0 Å². The number of halogens is 3. The monoisotopic (exact) mass is 378 g/mol. The van der Waals surface area contributed by atoms with Crippen LogP contribution in [0.15, 0.2) is 42.5 Å². The molecule has 0 unspecified atom stereocenters. The zero-order chi connectivity index (χ0) is 19.8. The minimum atomic E-state index is -4.46. The van der Waals surface area contributed by atoms with E-state index >= 15 is 0 Å². The number of fused-ring (bicyclic) bond motifs is 1. The van der Waals surface area contributed by atoms with Gasteiger partial charge in [-0.1, -0.05) is 19.9 Å². The van der Waals surface area contributed by atoms with Crippen molar-refractivity contribution >= 4 is 23.4 Å². The fourth-order valence-electron chi connectivity index (χ4n) is 2.97. The smallest absolute Gasteiger partial charge is 0.410 e. The van der Waals surface area contributed by atoms with Crippen molar-refractivity contribution in [2.75, 3.05) is 10.6 Å². The molecule has 0 aliphatic carbocycles. The molecular weight excluding hydrogens is 361 g/mol. The summed E-state index contributed by atoms with van der Waals surface area (Å²) in [5.74, 6) is -0.134. The van der Waals surface area contributed by atoms with Crippen molar-refractivity contribution < 1.29 is 27.5 Å². The lowest BCUT2D eigenvalue weighted by Gasteiger charge is -2.32. The third kappa shape index (κ3) is 4.21. The molecule has 0 saturated heterocycles. The molecule has 2 amide bonds. The number of anilines is 2. The first kappa shape index (κ1) is 18.8. The van der Waals surface area contributed by atoms with Gasteiger partial charge in [0.15, 0.2) is 0 Å². The van der Waals surface area contributed by atoms with Gasteiger partial charge >= 0.3 is 12.3 Å². The standard InChI is InChI=1S/C19H17F3N2O3/c1-18(2)10-16(25)24-15-9-12(5-8-14(15)18)23-17(26)27-13-6-3-11(4-7-13)19(20,21)22/h3-9H,10H2,1-2H3,(H,23,26)(H,24,25). The number of carbonyl (C=O) groups is 2. The van der Waals surface area contributed by atoms with Gasteiger partial charge in [-0.3, -0.25) is 10.1 Å². The van der Waals surface area contributed by atoms with Gasteiger partial charge in [-0.15, -0.1) is 0 Å². The third-order valence-corrected chi connectivity index (χ3v) is 4.26. The molecule has 0 fully saturated rings. The summed E-state index contributed by atoms with van der Waals surface area (Å²) in [4.78, 5) is 23.8. The highest BCUT2D eigenvalue weighted by Gasteiger charge is 2.32. The van der Waals surface area contributed by atoms with E-state index in [0.717, 1.165) is 29.8 Å². The van der Waals surface area contributed by atoms with Gasteiger partial charge in [0.1, 0.15) is 5.75 Å². The van der Waals surface area contributed by atoms with Crippen molar-refractivity contribution in [2.24, 2.45) is 0 Å². The van der Waals surface area contributed by atoms with Crippen LogP contribution < -0.4 is 15.4 Å². The molecule has 2 aromatic rings. The van der Waals surface area contributed by atoms with E-state index in [1.807, 2.05) is 19.9 Å². The summed E-state index contributed by atoms with van der Waals surface area (Å²) >= 11 is 0. The second-order valence-corrected chi connectivity index (χ2v) is 6.91. The molecule has 1 aliphatic rings. The van der Waals surface area contributed by atoms with E-state index in [0.29, 0.717) is 17.8 Å². The normalized spacial score (nSPS) is 15.5. The Kier molecular flexibility index (Phi) is 4.59. The molecule has 0 spiro atoms. The van der Waals surface area contributed by atoms with E-state index in [1.54, 1.807) is 12.1 Å². The Balaban J connectivity index is 1.70. The minimum Gasteiger partial charge on any atom is -0.410 e. The number of hydrogen-bond donors (Lipinski definition) is 2. The first-order chi connectivity index (χ1) is 12.5. The molecule has 0 radical (unpaired) electrons. The number of hydrogen-bond acceptors (Lipinski definition) is 3. The summed E-state index contributed by atoms with van der Waals surface area (Å²) in [5.41, 5.74) is 0.788. The molecular formula is C19H17F3N2O3. The van der Waals surface area contributed by atoms with Crippen LogP contribution in [0.1, 0.15) is 31.4 Å². The molecule has 5 nitrogen and oxygen atoms in total. The second kappa shape index (κ2) is 6.61. The van der Waals surface area contributed by atoms with Gasteiger partial charge in [-0.05, 0) is 42.0 Å². The maximum absolute atomic E-state index is 12.5. The number of benzene rings is 2. The van der Waals surface area contributed by atoms with Gasteiger partial charge in [0, 0.05) is 23.2 Å². The first-order valence-corrected chi connectivity index (χ1v) is 8.15. The third-order valence-electron chi connectivity index (χ3n) is 4.26. The summed E-state index contributed by atoms with van der Waals surface area (Å²) in [6.07, 6.45) is -4.94. The fourth-order valence-corrected chi connectivity index (χ4v) is 2.97. The largest absolute Gasteiger partial charge is 0.417 e. The van der Waals surface area contributed by atoms with Gasteiger partial charge in [0.25, 0.3) is 0 Å². The van der Waals surface area contributed by atoms with E-state index in [-0.39, 0.29) is 17.1 Å². The van der Waals surface area contributed by atoms with Gasteiger partial charge < -0.3 is 10.1 Å².